The normalized spacial score (nSPS) is 21.7. The Labute approximate surface area is 259 Å². The van der Waals surface area contributed by atoms with Gasteiger partial charge in [0.15, 0.2) is 0 Å². The fourth-order valence-electron chi connectivity index (χ4n) is 4.33. The number of carbonyl (C=O) groups excluding carboxylic acids is 2. The van der Waals surface area contributed by atoms with Crippen LogP contribution in [0.3, 0.4) is 0 Å². The third-order valence-electron chi connectivity index (χ3n) is 6.34. The van der Waals surface area contributed by atoms with Crippen molar-refractivity contribution >= 4 is 27.9 Å². The first-order valence-corrected chi connectivity index (χ1v) is 17.1. The number of anilines is 1. The third-order valence-corrected chi connectivity index (χ3v) is 11.3. The van der Waals surface area contributed by atoms with E-state index in [1.165, 1.54) is 0 Å². The van der Waals surface area contributed by atoms with Crippen LogP contribution in [0.15, 0.2) is 53.4 Å². The van der Waals surface area contributed by atoms with Gasteiger partial charge in [0.25, 0.3) is 0 Å². The van der Waals surface area contributed by atoms with Crippen molar-refractivity contribution in [2.24, 2.45) is 5.92 Å². The second-order valence-corrected chi connectivity index (χ2v) is 15.9. The molecule has 0 aliphatic carbocycles. The summed E-state index contributed by atoms with van der Waals surface area (Å²) in [4.78, 5) is 25.2. The summed E-state index contributed by atoms with van der Waals surface area (Å²) in [5, 5.41) is 14.1. The zero-order valence-electron chi connectivity index (χ0n) is 23.7. The van der Waals surface area contributed by atoms with E-state index in [1.807, 2.05) is 18.2 Å². The number of aliphatic hydroxyl groups is 1. The SMILES string of the molecule is CC(C)(C)OC(=O)NN(C[C@@H](O)[C@@H](NC(=O)O[C@H]1CO[C@H]2OCC[C@H]21)[I-]c1ccccc1)S(=O)(=O)c1ccc(F)c(N)c1. The molecule has 4 rings (SSSR count). The molecule has 0 saturated carbocycles. The van der Waals surface area contributed by atoms with Crippen LogP contribution in [0.25, 0.3) is 0 Å². The van der Waals surface area contributed by atoms with Crippen LogP contribution in [0.1, 0.15) is 27.2 Å². The van der Waals surface area contributed by atoms with E-state index in [1.54, 1.807) is 32.9 Å². The van der Waals surface area contributed by atoms with Gasteiger partial charge < -0.3 is 0 Å². The number of alkyl halides is 1. The quantitative estimate of drug-likeness (QED) is 0.0776. The first-order valence-electron chi connectivity index (χ1n) is 13.4. The van der Waals surface area contributed by atoms with E-state index in [4.69, 9.17) is 24.7 Å². The molecule has 2 saturated heterocycles. The number of nitrogens with one attached hydrogen (secondary N) is 2. The van der Waals surface area contributed by atoms with E-state index < -0.39 is 94.5 Å². The molecule has 2 amide bonds. The summed E-state index contributed by atoms with van der Waals surface area (Å²) in [6.45, 7) is 4.72. The molecule has 0 spiro atoms. The number of hydrazine groups is 1. The molecule has 0 unspecified atom stereocenters. The molecule has 43 heavy (non-hydrogen) atoms. The van der Waals surface area contributed by atoms with Crippen molar-refractivity contribution in [1.29, 1.82) is 0 Å². The summed E-state index contributed by atoms with van der Waals surface area (Å²) in [7, 11) is -4.60. The van der Waals surface area contributed by atoms with Crippen LogP contribution in [0.5, 0.6) is 0 Å². The summed E-state index contributed by atoms with van der Waals surface area (Å²) in [6.07, 6.45) is -3.78. The van der Waals surface area contributed by atoms with Gasteiger partial charge in [0.05, 0.1) is 0 Å². The standard InChI is InChI=1S/C27H35FIN4O9S/c1-27(2,3)42-26(36)32-33(43(37,38)17-9-10-19(28)20(30)13-17)14-21(34)23(29-16-7-5-4-6-8-16)31-25(35)41-22-15-40-24-18(22)11-12-39-24/h4-10,13,18,21-24,34H,11-12,14-15,30H2,1-3H3,(H,31,35)(H,32,36)/q-1/t18-,21+,22-,23+,24+/m0/s1. The fraction of sp³-hybridized carbons (Fsp3) is 0.481. The molecule has 2 aliphatic rings. The maximum atomic E-state index is 13.8. The Morgan fingerprint density at radius 3 is 2.58 bits per heavy atom. The topological polar surface area (TPSA) is 179 Å². The average Bonchev–Trinajstić information content (AvgIpc) is 3.54. The number of benzene rings is 2. The molecule has 2 aromatic carbocycles. The Kier molecular flexibility index (Phi) is 10.7. The van der Waals surface area contributed by atoms with Gasteiger partial charge in [0.1, 0.15) is 0 Å². The number of hydrogen-bond acceptors (Lipinski definition) is 10. The minimum atomic E-state index is -4.60. The predicted octanol–water partition coefficient (Wildman–Crippen LogP) is -1.03. The molecule has 2 fully saturated rings. The number of sulfonamides is 1. The second-order valence-electron chi connectivity index (χ2n) is 10.8. The molecule has 0 bridgehead atoms. The Balaban J connectivity index is 1.57. The molecular formula is C27H35FIN4O9S-. The molecule has 238 valence electrons. The molecule has 5 N–H and O–H groups in total. The number of alkyl carbamates (subject to hydrolysis) is 1. The first kappa shape index (κ1) is 33.1. The summed E-state index contributed by atoms with van der Waals surface area (Å²) in [5.41, 5.74) is 6.36. The minimum absolute atomic E-state index is 0.111. The van der Waals surface area contributed by atoms with Crippen molar-refractivity contribution in [3.8, 4) is 0 Å². The number of nitrogen functional groups attached to an aromatic ring is 1. The van der Waals surface area contributed by atoms with E-state index in [9.17, 15) is 27.5 Å². The number of aliphatic hydroxyl groups excluding tert-OH is 1. The van der Waals surface area contributed by atoms with Gasteiger partial charge in [-0.3, -0.25) is 0 Å². The summed E-state index contributed by atoms with van der Waals surface area (Å²) < 4.78 is 63.2. The second kappa shape index (κ2) is 13.9. The van der Waals surface area contributed by atoms with Crippen LogP contribution in [0, 0.1) is 15.3 Å². The number of ether oxygens (including phenoxy) is 4. The fourth-order valence-corrected chi connectivity index (χ4v) is 8.30. The zero-order chi connectivity index (χ0) is 31.4. The zero-order valence-corrected chi connectivity index (χ0v) is 26.7. The van der Waals surface area contributed by atoms with Crippen LogP contribution in [0.4, 0.5) is 19.7 Å². The average molecular weight is 738 g/mol. The summed E-state index contributed by atoms with van der Waals surface area (Å²) >= 11 is -1.17. The van der Waals surface area contributed by atoms with Gasteiger partial charge in [0, 0.05) is 0 Å². The number of nitrogens with two attached hydrogens (primary N) is 1. The van der Waals surface area contributed by atoms with E-state index in [2.05, 4.69) is 10.7 Å². The van der Waals surface area contributed by atoms with Gasteiger partial charge in [-0.2, -0.15) is 0 Å². The summed E-state index contributed by atoms with van der Waals surface area (Å²) in [5.74, 6) is -0.941. The van der Waals surface area contributed by atoms with Crippen LogP contribution in [-0.2, 0) is 29.0 Å². The van der Waals surface area contributed by atoms with Crippen molar-refractivity contribution < 1.29 is 67.7 Å². The molecule has 2 aliphatic heterocycles. The number of amides is 2. The van der Waals surface area contributed by atoms with Crippen LogP contribution >= 0.6 is 0 Å². The van der Waals surface area contributed by atoms with Gasteiger partial charge in [-0.25, -0.2) is 0 Å². The molecular weight excluding hydrogens is 702 g/mol. The predicted molar refractivity (Wildman–Crippen MR) is 146 cm³/mol. The maximum absolute atomic E-state index is 13.8. The van der Waals surface area contributed by atoms with Crippen molar-refractivity contribution in [3.63, 3.8) is 0 Å². The van der Waals surface area contributed by atoms with Crippen molar-refractivity contribution in [2.75, 3.05) is 25.5 Å². The van der Waals surface area contributed by atoms with Gasteiger partial charge in [-0.1, -0.05) is 0 Å². The monoisotopic (exact) mass is 737 g/mol. The summed E-state index contributed by atoms with van der Waals surface area (Å²) in [6, 6.07) is 11.8. The molecule has 2 aromatic rings. The van der Waals surface area contributed by atoms with E-state index >= 15 is 0 Å². The Morgan fingerprint density at radius 1 is 1.19 bits per heavy atom. The van der Waals surface area contributed by atoms with Crippen LogP contribution in [-0.4, -0.2) is 78.0 Å². The number of hydrogen-bond donors (Lipinski definition) is 4. The number of rotatable bonds is 10. The molecule has 2 heterocycles. The Morgan fingerprint density at radius 2 is 1.91 bits per heavy atom. The first-order chi connectivity index (χ1) is 20.2. The van der Waals surface area contributed by atoms with Crippen LogP contribution < -0.4 is 37.7 Å². The van der Waals surface area contributed by atoms with Crippen molar-refractivity contribution in [1.82, 2.24) is 15.2 Å². The molecule has 5 atom stereocenters. The van der Waals surface area contributed by atoms with E-state index in [0.717, 1.165) is 21.8 Å². The molecule has 0 radical (unpaired) electrons. The van der Waals surface area contributed by atoms with Crippen molar-refractivity contribution in [3.05, 3.63) is 57.9 Å². The van der Waals surface area contributed by atoms with Gasteiger partial charge >= 0.3 is 260 Å². The third kappa shape index (κ3) is 8.89. The molecule has 13 nitrogen and oxygen atoms in total. The van der Waals surface area contributed by atoms with E-state index in [-0.39, 0.29) is 12.5 Å². The number of halogens is 2. The van der Waals surface area contributed by atoms with E-state index in [0.29, 0.717) is 17.4 Å². The molecule has 0 aromatic heterocycles. The van der Waals surface area contributed by atoms with Gasteiger partial charge in [0.2, 0.25) is 0 Å². The molecule has 16 heteroatoms. The number of carbonyl (C=O) groups is 2. The van der Waals surface area contributed by atoms with Gasteiger partial charge in [-0.05, 0) is 0 Å². The van der Waals surface area contributed by atoms with Crippen LogP contribution in [0.2, 0.25) is 0 Å². The Bertz CT molecular complexity index is 1400. The van der Waals surface area contributed by atoms with Crippen molar-refractivity contribution in [2.45, 2.75) is 60.2 Å². The number of fused-ring (bicyclic) bond motifs is 1. The van der Waals surface area contributed by atoms with Gasteiger partial charge in [-0.15, -0.1) is 0 Å². The number of nitrogens with zero attached hydrogens (tertiary/aromatic N) is 1. The Hall–Kier alpha value is -2.77.